The second kappa shape index (κ2) is 8.78. The molecular weight excluding hydrogens is 332 g/mol. The highest BCUT2D eigenvalue weighted by molar-refractivity contribution is 5.91. The molecule has 1 aromatic carbocycles. The zero-order chi connectivity index (χ0) is 18.4. The summed E-state index contributed by atoms with van der Waals surface area (Å²) in [4.78, 5) is 17.8. The summed E-state index contributed by atoms with van der Waals surface area (Å²) in [5, 5.41) is 9.40. The van der Waals surface area contributed by atoms with Crippen LogP contribution < -0.4 is 4.74 Å². The van der Waals surface area contributed by atoms with Gasteiger partial charge in [0.05, 0.1) is 13.2 Å². The third kappa shape index (κ3) is 4.80. The summed E-state index contributed by atoms with van der Waals surface area (Å²) < 4.78 is 10.9. The van der Waals surface area contributed by atoms with Gasteiger partial charge in [0.15, 0.2) is 0 Å². The lowest BCUT2D eigenvalue weighted by Gasteiger charge is -2.25. The van der Waals surface area contributed by atoms with Crippen LogP contribution in [0.2, 0.25) is 0 Å². The van der Waals surface area contributed by atoms with Gasteiger partial charge in [-0.2, -0.15) is 0 Å². The Hall–Kier alpha value is -2.44. The number of carbonyl (C=O) groups is 1. The molecule has 26 heavy (non-hydrogen) atoms. The highest BCUT2D eigenvalue weighted by Crippen LogP contribution is 2.22. The van der Waals surface area contributed by atoms with E-state index >= 15 is 0 Å². The highest BCUT2D eigenvalue weighted by Gasteiger charge is 2.20. The monoisotopic (exact) mass is 356 g/mol. The molecule has 0 saturated carbocycles. The first-order chi connectivity index (χ1) is 12.7. The number of rotatable bonds is 8. The Morgan fingerprint density at radius 3 is 2.69 bits per heavy atom. The number of pyridine rings is 1. The van der Waals surface area contributed by atoms with Gasteiger partial charge in [-0.1, -0.05) is 6.07 Å². The standard InChI is InChI=1S/C20H24N2O4/c1-25-19-5-4-16(11-18(19)20(23)24)13-22(14-17-3-2-10-26-17)12-15-6-8-21-9-7-15/h4-9,11,17H,2-3,10,12-14H2,1H3,(H,23,24). The van der Waals surface area contributed by atoms with Crippen molar-refractivity contribution in [2.45, 2.75) is 32.0 Å². The molecule has 3 rings (SSSR count). The fourth-order valence-electron chi connectivity index (χ4n) is 3.29. The second-order valence-electron chi connectivity index (χ2n) is 6.50. The molecule has 2 aromatic rings. The molecule has 0 aliphatic carbocycles. The molecule has 1 saturated heterocycles. The van der Waals surface area contributed by atoms with Gasteiger partial charge in [-0.05, 0) is 48.2 Å². The minimum absolute atomic E-state index is 0.186. The van der Waals surface area contributed by atoms with Gasteiger partial charge in [-0.25, -0.2) is 4.79 Å². The van der Waals surface area contributed by atoms with Crippen molar-refractivity contribution >= 4 is 5.97 Å². The van der Waals surface area contributed by atoms with Crippen LogP contribution in [0, 0.1) is 0 Å². The minimum atomic E-state index is -0.983. The number of benzene rings is 1. The van der Waals surface area contributed by atoms with E-state index in [2.05, 4.69) is 9.88 Å². The Morgan fingerprint density at radius 2 is 2.04 bits per heavy atom. The summed E-state index contributed by atoms with van der Waals surface area (Å²) >= 11 is 0. The summed E-state index contributed by atoms with van der Waals surface area (Å²) in [6, 6.07) is 9.32. The number of aromatic carboxylic acids is 1. The van der Waals surface area contributed by atoms with Crippen LogP contribution in [0.3, 0.4) is 0 Å². The normalized spacial score (nSPS) is 16.8. The van der Waals surface area contributed by atoms with E-state index in [0.717, 1.165) is 38.1 Å². The van der Waals surface area contributed by atoms with Gasteiger partial charge >= 0.3 is 5.97 Å². The summed E-state index contributed by atoms with van der Waals surface area (Å²) in [5.41, 5.74) is 2.30. The van der Waals surface area contributed by atoms with Crippen LogP contribution in [-0.4, -0.2) is 47.3 Å². The minimum Gasteiger partial charge on any atom is -0.496 e. The summed E-state index contributed by atoms with van der Waals surface area (Å²) in [6.07, 6.45) is 5.97. The third-order valence-electron chi connectivity index (χ3n) is 4.54. The largest absolute Gasteiger partial charge is 0.496 e. The van der Waals surface area contributed by atoms with E-state index in [1.54, 1.807) is 24.5 Å². The fraction of sp³-hybridized carbons (Fsp3) is 0.400. The van der Waals surface area contributed by atoms with Crippen LogP contribution in [0.15, 0.2) is 42.7 Å². The van der Waals surface area contributed by atoms with Crippen LogP contribution in [0.5, 0.6) is 5.75 Å². The van der Waals surface area contributed by atoms with Gasteiger partial charge in [-0.3, -0.25) is 9.88 Å². The number of ether oxygens (including phenoxy) is 2. The number of aromatic nitrogens is 1. The topological polar surface area (TPSA) is 71.9 Å². The number of carboxylic acid groups (broad SMARTS) is 1. The molecule has 0 spiro atoms. The summed E-state index contributed by atoms with van der Waals surface area (Å²) in [6.45, 7) is 3.04. The Bertz CT molecular complexity index is 730. The van der Waals surface area contributed by atoms with Crippen LogP contribution in [0.1, 0.15) is 34.3 Å². The first-order valence-electron chi connectivity index (χ1n) is 8.79. The summed E-state index contributed by atoms with van der Waals surface area (Å²) in [7, 11) is 1.48. The van der Waals surface area contributed by atoms with Crippen LogP contribution in [-0.2, 0) is 17.8 Å². The fourth-order valence-corrected chi connectivity index (χ4v) is 3.29. The molecule has 1 aliphatic rings. The zero-order valence-electron chi connectivity index (χ0n) is 14.9. The van der Waals surface area contributed by atoms with Crippen molar-refractivity contribution < 1.29 is 19.4 Å². The molecule has 0 bridgehead atoms. The van der Waals surface area contributed by atoms with E-state index in [1.807, 2.05) is 18.2 Å². The van der Waals surface area contributed by atoms with Crippen molar-refractivity contribution in [3.8, 4) is 5.75 Å². The van der Waals surface area contributed by atoms with Crippen molar-refractivity contribution in [1.29, 1.82) is 0 Å². The van der Waals surface area contributed by atoms with Gasteiger partial charge in [0.1, 0.15) is 11.3 Å². The van der Waals surface area contributed by atoms with Crippen molar-refractivity contribution in [3.05, 3.63) is 59.4 Å². The molecule has 6 nitrogen and oxygen atoms in total. The first kappa shape index (κ1) is 18.4. The average Bonchev–Trinajstić information content (AvgIpc) is 3.15. The van der Waals surface area contributed by atoms with E-state index in [4.69, 9.17) is 9.47 Å². The summed E-state index contributed by atoms with van der Waals surface area (Å²) in [5.74, 6) is -0.607. The Kier molecular flexibility index (Phi) is 6.20. The molecule has 0 radical (unpaired) electrons. The molecule has 138 valence electrons. The molecule has 6 heteroatoms. The smallest absolute Gasteiger partial charge is 0.339 e. The van der Waals surface area contributed by atoms with E-state index in [-0.39, 0.29) is 11.7 Å². The van der Waals surface area contributed by atoms with Crippen molar-refractivity contribution in [2.24, 2.45) is 0 Å². The molecule has 1 N–H and O–H groups in total. The number of nitrogens with zero attached hydrogens (tertiary/aromatic N) is 2. The SMILES string of the molecule is COc1ccc(CN(Cc2ccncc2)CC2CCCO2)cc1C(=O)O. The number of hydrogen-bond donors (Lipinski definition) is 1. The molecule has 1 aromatic heterocycles. The van der Waals surface area contributed by atoms with Gasteiger partial charge in [0, 0.05) is 38.6 Å². The predicted octanol–water partition coefficient (Wildman–Crippen LogP) is 2.97. The highest BCUT2D eigenvalue weighted by atomic mass is 16.5. The van der Waals surface area contributed by atoms with Crippen molar-refractivity contribution in [2.75, 3.05) is 20.3 Å². The number of carboxylic acids is 1. The molecule has 1 atom stereocenters. The van der Waals surface area contributed by atoms with Crippen LogP contribution in [0.25, 0.3) is 0 Å². The maximum absolute atomic E-state index is 11.5. The van der Waals surface area contributed by atoms with Gasteiger partial charge in [-0.15, -0.1) is 0 Å². The third-order valence-corrected chi connectivity index (χ3v) is 4.54. The van der Waals surface area contributed by atoms with Crippen molar-refractivity contribution in [1.82, 2.24) is 9.88 Å². The first-order valence-corrected chi connectivity index (χ1v) is 8.79. The van der Waals surface area contributed by atoms with E-state index in [1.165, 1.54) is 12.7 Å². The maximum atomic E-state index is 11.5. The number of methoxy groups -OCH3 is 1. The maximum Gasteiger partial charge on any atom is 0.339 e. The average molecular weight is 356 g/mol. The molecule has 1 aliphatic heterocycles. The van der Waals surface area contributed by atoms with Crippen molar-refractivity contribution in [3.63, 3.8) is 0 Å². The molecular formula is C20H24N2O4. The molecule has 1 fully saturated rings. The van der Waals surface area contributed by atoms with E-state index in [9.17, 15) is 9.90 Å². The van der Waals surface area contributed by atoms with Gasteiger partial charge < -0.3 is 14.6 Å². The predicted molar refractivity (Wildman–Crippen MR) is 97.3 cm³/mol. The van der Waals surface area contributed by atoms with E-state index in [0.29, 0.717) is 12.3 Å². The zero-order valence-corrected chi connectivity index (χ0v) is 14.9. The lowest BCUT2D eigenvalue weighted by molar-refractivity contribution is 0.0671. The quantitative estimate of drug-likeness (QED) is 0.784. The van der Waals surface area contributed by atoms with Crippen LogP contribution >= 0.6 is 0 Å². The lowest BCUT2D eigenvalue weighted by atomic mass is 10.1. The second-order valence-corrected chi connectivity index (χ2v) is 6.50. The van der Waals surface area contributed by atoms with Gasteiger partial charge in [0.2, 0.25) is 0 Å². The number of hydrogen-bond acceptors (Lipinski definition) is 5. The van der Waals surface area contributed by atoms with Crippen LogP contribution in [0.4, 0.5) is 0 Å². The molecule has 0 amide bonds. The molecule has 2 heterocycles. The Balaban J connectivity index is 1.77. The Labute approximate surface area is 153 Å². The van der Waals surface area contributed by atoms with E-state index < -0.39 is 5.97 Å². The van der Waals surface area contributed by atoms with Gasteiger partial charge in [0.25, 0.3) is 0 Å². The lowest BCUT2D eigenvalue weighted by Crippen LogP contribution is -2.31. The Morgan fingerprint density at radius 1 is 1.27 bits per heavy atom. The molecule has 1 unspecified atom stereocenters.